The Labute approximate surface area is 371 Å². The maximum atomic E-state index is 13.2. The molecule has 4 amide bonds. The molecule has 336 valence electrons. The van der Waals surface area contributed by atoms with Gasteiger partial charge in [0.15, 0.2) is 0 Å². The molecule has 0 fully saturated rings. The molecule has 0 unspecified atom stereocenters. The minimum absolute atomic E-state index is 0.0753. The van der Waals surface area contributed by atoms with Crippen LogP contribution in [-0.2, 0) is 22.4 Å². The summed E-state index contributed by atoms with van der Waals surface area (Å²) in [7, 11) is 3.09. The molecular formula is C48H56N8O8. The Morgan fingerprint density at radius 1 is 0.516 bits per heavy atom. The number of hydrogen-bond donors (Lipinski definition) is 4. The Morgan fingerprint density at radius 3 is 1.14 bits per heavy atom. The monoisotopic (exact) mass is 872 g/mol. The minimum atomic E-state index is -0.758. The average Bonchev–Trinajstić information content (AvgIpc) is 3.71. The highest BCUT2D eigenvalue weighted by Crippen LogP contribution is 2.19. The quantitative estimate of drug-likeness (QED) is 0.101. The van der Waals surface area contributed by atoms with Crippen LogP contribution >= 0.6 is 0 Å². The number of carbonyl (C=O) groups is 4. The molecule has 0 aliphatic heterocycles. The number of nitrogens with one attached hydrogen (secondary N) is 4. The van der Waals surface area contributed by atoms with E-state index in [9.17, 15) is 28.8 Å². The van der Waals surface area contributed by atoms with Crippen LogP contribution in [0.5, 0.6) is 11.5 Å². The molecule has 6 rings (SSSR count). The highest BCUT2D eigenvalue weighted by molar-refractivity contribution is 6.00. The summed E-state index contributed by atoms with van der Waals surface area (Å²) in [5.74, 6) is -0.154. The second-order valence-corrected chi connectivity index (χ2v) is 15.7. The molecule has 2 heterocycles. The highest BCUT2D eigenvalue weighted by atomic mass is 16.5. The number of methoxy groups -OCH3 is 2. The molecular weight excluding hydrogens is 817 g/mol. The van der Waals surface area contributed by atoms with E-state index in [0.717, 1.165) is 20.5 Å². The van der Waals surface area contributed by atoms with Crippen molar-refractivity contribution >= 4 is 23.6 Å². The van der Waals surface area contributed by atoms with Crippen molar-refractivity contribution in [1.82, 2.24) is 29.1 Å². The van der Waals surface area contributed by atoms with Gasteiger partial charge in [0.1, 0.15) is 23.6 Å². The second-order valence-electron chi connectivity index (χ2n) is 15.7. The number of amides is 4. The first-order valence-electron chi connectivity index (χ1n) is 20.8. The number of ether oxygens (including phenoxy) is 2. The zero-order chi connectivity index (χ0) is 46.5. The van der Waals surface area contributed by atoms with Crippen molar-refractivity contribution in [2.24, 2.45) is 0 Å². The van der Waals surface area contributed by atoms with Gasteiger partial charge in [-0.25, -0.2) is 18.9 Å². The van der Waals surface area contributed by atoms with Crippen molar-refractivity contribution in [3.05, 3.63) is 176 Å². The van der Waals surface area contributed by atoms with E-state index in [1.807, 2.05) is 88.4 Å². The fraction of sp³-hybridized carbons (Fsp3) is 0.292. The van der Waals surface area contributed by atoms with Gasteiger partial charge in [-0.2, -0.15) is 0 Å². The lowest BCUT2D eigenvalue weighted by atomic mass is 10.0. The lowest BCUT2D eigenvalue weighted by Crippen LogP contribution is -2.43. The predicted molar refractivity (Wildman–Crippen MR) is 245 cm³/mol. The molecule has 0 spiro atoms. The summed E-state index contributed by atoms with van der Waals surface area (Å²) in [5.41, 5.74) is 7.93. The van der Waals surface area contributed by atoms with E-state index in [0.29, 0.717) is 46.9 Å². The van der Waals surface area contributed by atoms with Crippen molar-refractivity contribution in [3.63, 3.8) is 0 Å². The Morgan fingerprint density at radius 2 is 0.844 bits per heavy atom. The number of aromatic nitrogens is 4. The van der Waals surface area contributed by atoms with Crippen molar-refractivity contribution < 1.29 is 28.7 Å². The Hall–Kier alpha value is -7.62. The number of imidazole rings is 2. The molecule has 16 nitrogen and oxygen atoms in total. The second kappa shape index (κ2) is 21.9. The van der Waals surface area contributed by atoms with Gasteiger partial charge in [-0.15, -0.1) is 0 Å². The molecule has 4 N–H and O–H groups in total. The summed E-state index contributed by atoms with van der Waals surface area (Å²) < 4.78 is 15.3. The van der Waals surface area contributed by atoms with Gasteiger partial charge in [0.2, 0.25) is 11.8 Å². The summed E-state index contributed by atoms with van der Waals surface area (Å²) in [6.07, 6.45) is 3.72. The van der Waals surface area contributed by atoms with Crippen LogP contribution in [0.25, 0.3) is 0 Å². The number of hydrogen-bond acceptors (Lipinski definition) is 8. The highest BCUT2D eigenvalue weighted by Gasteiger charge is 2.28. The van der Waals surface area contributed by atoms with Gasteiger partial charge >= 0.3 is 11.4 Å². The van der Waals surface area contributed by atoms with Gasteiger partial charge in [-0.1, -0.05) is 60.7 Å². The van der Waals surface area contributed by atoms with Gasteiger partial charge in [0.05, 0.1) is 26.6 Å². The van der Waals surface area contributed by atoms with Gasteiger partial charge < -0.3 is 20.1 Å². The third-order valence-electron chi connectivity index (χ3n) is 10.00. The van der Waals surface area contributed by atoms with Gasteiger partial charge in [-0.05, 0) is 101 Å². The first-order chi connectivity index (χ1) is 30.6. The Balaban J connectivity index is 0.000000241. The topological polar surface area (TPSA) is 189 Å². The average molecular weight is 873 g/mol. The lowest BCUT2D eigenvalue weighted by Gasteiger charge is -2.20. The van der Waals surface area contributed by atoms with E-state index in [1.165, 1.54) is 21.5 Å². The molecule has 2 atom stereocenters. The summed E-state index contributed by atoms with van der Waals surface area (Å²) in [6, 6.07) is 30.5. The van der Waals surface area contributed by atoms with Crippen LogP contribution in [0.3, 0.4) is 0 Å². The van der Waals surface area contributed by atoms with Crippen LogP contribution in [0.15, 0.2) is 131 Å². The van der Waals surface area contributed by atoms with Crippen LogP contribution in [-0.4, -0.2) is 68.4 Å². The van der Waals surface area contributed by atoms with E-state index in [4.69, 9.17) is 9.47 Å². The third-order valence-corrected chi connectivity index (χ3v) is 10.00. The van der Waals surface area contributed by atoms with E-state index in [1.54, 1.807) is 76.6 Å². The molecule has 4 aromatic carbocycles. The third kappa shape index (κ3) is 12.3. The van der Waals surface area contributed by atoms with Crippen molar-refractivity contribution in [3.8, 4) is 11.5 Å². The molecule has 0 saturated carbocycles. The lowest BCUT2D eigenvalue weighted by molar-refractivity contribution is -0.125. The first kappa shape index (κ1) is 47.4. The number of nitrogens with zero attached hydrogens (tertiary/aromatic N) is 4. The minimum Gasteiger partial charge on any atom is -0.497 e. The zero-order valence-electron chi connectivity index (χ0n) is 37.3. The van der Waals surface area contributed by atoms with E-state index in [-0.39, 0.29) is 23.9 Å². The smallest absolute Gasteiger partial charge is 0.348 e. The zero-order valence-corrected chi connectivity index (χ0v) is 37.3. The molecule has 64 heavy (non-hydrogen) atoms. The van der Waals surface area contributed by atoms with Crippen LogP contribution in [0.1, 0.15) is 83.0 Å². The number of benzene rings is 4. The Bertz CT molecular complexity index is 2450. The molecule has 0 aliphatic carbocycles. The first-order valence-corrected chi connectivity index (χ1v) is 20.8. The van der Waals surface area contributed by atoms with Crippen molar-refractivity contribution in [2.45, 2.75) is 78.6 Å². The molecule has 2 aromatic heterocycles. The maximum Gasteiger partial charge on any atom is 0.348 e. The van der Waals surface area contributed by atoms with Crippen LogP contribution in [0.2, 0.25) is 0 Å². The summed E-state index contributed by atoms with van der Waals surface area (Å²) >= 11 is 0. The Kier molecular flexibility index (Phi) is 16.3. The van der Waals surface area contributed by atoms with Crippen molar-refractivity contribution in [1.29, 1.82) is 0 Å². The van der Waals surface area contributed by atoms with E-state index >= 15 is 0 Å². The van der Waals surface area contributed by atoms with Crippen molar-refractivity contribution in [2.75, 3.05) is 25.1 Å². The number of aryl methyl sites for hydroxylation is 2. The number of carbonyl (C=O) groups excluding carboxylic acids is 4. The summed E-state index contributed by atoms with van der Waals surface area (Å²) in [6.45, 7) is 10.9. The molecule has 16 heteroatoms. The molecule has 0 bridgehead atoms. The van der Waals surface area contributed by atoms with Crippen LogP contribution < -0.4 is 42.3 Å². The summed E-state index contributed by atoms with van der Waals surface area (Å²) in [5, 5.41) is 5.79. The number of rotatable bonds is 16. The fourth-order valence-electron chi connectivity index (χ4n) is 6.93. The van der Waals surface area contributed by atoms with Gasteiger partial charge in [0.25, 0.3) is 11.8 Å². The molecule has 0 radical (unpaired) electrons. The fourth-order valence-corrected chi connectivity index (χ4v) is 6.93. The standard InChI is InChI=1S/2C24H28N4O4/c2*1-16(2)25-23(30)21(14-18-8-6-5-7-9-18)28-17(3)15-27(24(28)31)26-22(29)19-10-12-20(32-4)13-11-19/h2*5-13,15-16,21H,14H2,1-4H3,(H,25,30)(H,26,29)/t2*21-/m11/s1. The van der Waals surface area contributed by atoms with Crippen LogP contribution in [0, 0.1) is 13.8 Å². The largest absolute Gasteiger partial charge is 0.497 e. The predicted octanol–water partition coefficient (Wildman–Crippen LogP) is 5.32. The maximum absolute atomic E-state index is 13.2. The van der Waals surface area contributed by atoms with Gasteiger partial charge in [0, 0.05) is 47.4 Å². The van der Waals surface area contributed by atoms with E-state index in [2.05, 4.69) is 21.5 Å². The van der Waals surface area contributed by atoms with E-state index < -0.39 is 35.3 Å². The molecule has 0 aliphatic rings. The van der Waals surface area contributed by atoms with Crippen LogP contribution in [0.4, 0.5) is 0 Å². The summed E-state index contributed by atoms with van der Waals surface area (Å²) in [4.78, 5) is 77.6. The molecule has 6 aromatic rings. The molecule has 0 saturated heterocycles. The van der Waals surface area contributed by atoms with Gasteiger partial charge in [-0.3, -0.25) is 39.2 Å². The SMILES string of the molecule is COc1ccc(C(=O)Nn2cc(C)n([C@H](Cc3ccccc3)C(=O)NC(C)C)c2=O)cc1.COc1ccc(C(=O)Nn2cc(C)n([C@H](Cc3ccccc3)C(=O)NC(C)C)c2=O)cc1. The normalized spacial score (nSPS) is 11.8.